The minimum absolute atomic E-state index is 0.000552. The summed E-state index contributed by atoms with van der Waals surface area (Å²) in [6.07, 6.45) is 3.82. The Morgan fingerprint density at radius 1 is 0.744 bits per heavy atom. The summed E-state index contributed by atoms with van der Waals surface area (Å²) in [4.78, 5) is 36.5. The number of ether oxygens (including phenoxy) is 5. The molecule has 0 aliphatic heterocycles. The van der Waals surface area contributed by atoms with Crippen LogP contribution < -0.4 is 14.2 Å². The smallest absolute Gasteiger partial charge is 0.347 e. The van der Waals surface area contributed by atoms with Crippen LogP contribution in [0.2, 0.25) is 0 Å². The van der Waals surface area contributed by atoms with Gasteiger partial charge in [-0.15, -0.1) is 0 Å². The number of rotatable bonds is 21. The molecule has 1 N–H and O–H groups in total. The number of benzene rings is 2. The first kappa shape index (κ1) is 35.6. The van der Waals surface area contributed by atoms with Crippen molar-refractivity contribution in [2.24, 2.45) is 0 Å². The SMILES string of the molecule is CCCc1c(OCCCOCCCOc2c(C(C)=O)ccc(OC(CC)C(=O)OCC)c2CCC)ccc(C(C)=O)c1O. The average Bonchev–Trinajstić information content (AvgIpc) is 2.97. The summed E-state index contributed by atoms with van der Waals surface area (Å²) in [6.45, 7) is 12.5. The van der Waals surface area contributed by atoms with Gasteiger partial charge in [0.05, 0.1) is 30.9 Å². The van der Waals surface area contributed by atoms with Gasteiger partial charge < -0.3 is 28.8 Å². The van der Waals surface area contributed by atoms with Crippen molar-refractivity contribution in [2.45, 2.75) is 92.6 Å². The Kier molecular flexibility index (Phi) is 15.6. The third kappa shape index (κ3) is 10.6. The van der Waals surface area contributed by atoms with E-state index in [0.717, 1.165) is 18.4 Å². The second-order valence-corrected chi connectivity index (χ2v) is 10.3. The molecule has 1 unspecified atom stereocenters. The number of esters is 1. The number of carbonyl (C=O) groups excluding carboxylic acids is 3. The van der Waals surface area contributed by atoms with Crippen LogP contribution in [0.1, 0.15) is 105 Å². The summed E-state index contributed by atoms with van der Waals surface area (Å²) in [7, 11) is 0. The molecule has 0 radical (unpaired) electrons. The molecule has 0 saturated carbocycles. The molecule has 2 aromatic carbocycles. The second-order valence-electron chi connectivity index (χ2n) is 10.3. The number of phenolic OH excluding ortho intramolecular Hbond substituents is 1. The summed E-state index contributed by atoms with van der Waals surface area (Å²) >= 11 is 0. The highest BCUT2D eigenvalue weighted by atomic mass is 16.6. The van der Waals surface area contributed by atoms with E-state index < -0.39 is 12.1 Å². The molecule has 0 aliphatic rings. The molecule has 0 fully saturated rings. The van der Waals surface area contributed by atoms with Crippen LogP contribution in [0.4, 0.5) is 0 Å². The normalized spacial score (nSPS) is 11.6. The maximum Gasteiger partial charge on any atom is 0.347 e. The van der Waals surface area contributed by atoms with Crippen molar-refractivity contribution in [3.63, 3.8) is 0 Å². The Balaban J connectivity index is 1.92. The van der Waals surface area contributed by atoms with E-state index in [1.54, 1.807) is 31.2 Å². The van der Waals surface area contributed by atoms with Crippen LogP contribution in [0, 0.1) is 0 Å². The van der Waals surface area contributed by atoms with Crippen LogP contribution in [0.5, 0.6) is 23.0 Å². The van der Waals surface area contributed by atoms with Gasteiger partial charge in [-0.25, -0.2) is 4.79 Å². The van der Waals surface area contributed by atoms with Crippen molar-refractivity contribution in [1.82, 2.24) is 0 Å². The fourth-order valence-corrected chi connectivity index (χ4v) is 4.64. The van der Waals surface area contributed by atoms with Gasteiger partial charge in [0.2, 0.25) is 0 Å². The van der Waals surface area contributed by atoms with Gasteiger partial charge in [-0.3, -0.25) is 9.59 Å². The van der Waals surface area contributed by atoms with Gasteiger partial charge in [-0.2, -0.15) is 0 Å². The first-order chi connectivity index (χ1) is 20.7. The summed E-state index contributed by atoms with van der Waals surface area (Å²) < 4.78 is 29.0. The summed E-state index contributed by atoms with van der Waals surface area (Å²) in [5.74, 6) is 0.876. The van der Waals surface area contributed by atoms with Crippen LogP contribution in [0.15, 0.2) is 24.3 Å². The summed E-state index contributed by atoms with van der Waals surface area (Å²) in [5.41, 5.74) is 2.20. The summed E-state index contributed by atoms with van der Waals surface area (Å²) in [6, 6.07) is 6.74. The molecule has 0 spiro atoms. The van der Waals surface area contributed by atoms with Gasteiger partial charge in [0.25, 0.3) is 0 Å². The lowest BCUT2D eigenvalue weighted by Gasteiger charge is -2.22. The van der Waals surface area contributed by atoms with Crippen molar-refractivity contribution in [3.05, 3.63) is 46.5 Å². The molecule has 43 heavy (non-hydrogen) atoms. The molecular formula is C34H48O9. The topological polar surface area (TPSA) is 118 Å². The summed E-state index contributed by atoms with van der Waals surface area (Å²) in [5, 5.41) is 10.5. The Bertz CT molecular complexity index is 1200. The lowest BCUT2D eigenvalue weighted by molar-refractivity contribution is -0.151. The van der Waals surface area contributed by atoms with E-state index in [9.17, 15) is 19.5 Å². The highest BCUT2D eigenvalue weighted by molar-refractivity contribution is 5.98. The molecule has 0 aliphatic carbocycles. The molecule has 0 amide bonds. The number of hydrogen-bond donors (Lipinski definition) is 1. The van der Waals surface area contributed by atoms with E-state index in [4.69, 9.17) is 23.7 Å². The Labute approximate surface area is 255 Å². The monoisotopic (exact) mass is 600 g/mol. The average molecular weight is 601 g/mol. The Hall–Kier alpha value is -3.59. The fourth-order valence-electron chi connectivity index (χ4n) is 4.64. The third-order valence-electron chi connectivity index (χ3n) is 6.78. The number of hydrogen-bond acceptors (Lipinski definition) is 9. The zero-order chi connectivity index (χ0) is 31.8. The van der Waals surface area contributed by atoms with Crippen molar-refractivity contribution in [3.8, 4) is 23.0 Å². The van der Waals surface area contributed by atoms with Crippen LogP contribution >= 0.6 is 0 Å². The highest BCUT2D eigenvalue weighted by Crippen LogP contribution is 2.35. The first-order valence-electron chi connectivity index (χ1n) is 15.4. The van der Waals surface area contributed by atoms with E-state index in [1.165, 1.54) is 13.8 Å². The third-order valence-corrected chi connectivity index (χ3v) is 6.78. The molecule has 0 bridgehead atoms. The molecule has 2 rings (SSSR count). The van der Waals surface area contributed by atoms with Crippen LogP contribution in [0.25, 0.3) is 0 Å². The molecule has 1 atom stereocenters. The zero-order valence-electron chi connectivity index (χ0n) is 26.6. The van der Waals surface area contributed by atoms with Crippen LogP contribution in [0.3, 0.4) is 0 Å². The van der Waals surface area contributed by atoms with Gasteiger partial charge in [-0.05, 0) is 64.3 Å². The fraction of sp³-hybridized carbons (Fsp3) is 0.559. The van der Waals surface area contributed by atoms with Gasteiger partial charge >= 0.3 is 5.97 Å². The maximum absolute atomic E-state index is 12.4. The minimum atomic E-state index is -0.743. The number of phenols is 1. The molecule has 2 aromatic rings. The Morgan fingerprint density at radius 3 is 1.91 bits per heavy atom. The van der Waals surface area contributed by atoms with Gasteiger partial charge in [0.1, 0.15) is 23.0 Å². The minimum Gasteiger partial charge on any atom is -0.507 e. The van der Waals surface area contributed by atoms with Crippen molar-refractivity contribution >= 4 is 17.5 Å². The molecule has 0 heterocycles. The van der Waals surface area contributed by atoms with Gasteiger partial charge in [-0.1, -0.05) is 33.6 Å². The lowest BCUT2D eigenvalue weighted by Crippen LogP contribution is -2.29. The second kappa shape index (κ2) is 18.8. The quantitative estimate of drug-likeness (QED) is 0.0951. The molecule has 238 valence electrons. The van der Waals surface area contributed by atoms with E-state index in [0.29, 0.717) is 92.5 Å². The number of Topliss-reactive ketones (excluding diaryl/α,β-unsaturated/α-hetero) is 2. The number of ketones is 2. The number of aromatic hydroxyl groups is 1. The lowest BCUT2D eigenvalue weighted by atomic mass is 10.0. The van der Waals surface area contributed by atoms with E-state index >= 15 is 0 Å². The number of carbonyl (C=O) groups is 3. The molecule has 9 heteroatoms. The standard InChI is InChI=1S/C34H48O9/c1-7-13-27-30(17-15-25(23(5)35)32(27)37)41-21-11-19-39-20-12-22-42-33-26(24(6)36)16-18-31(28(33)14-8-2)43-29(9-3)34(38)40-10-4/h15-18,29,37H,7-14,19-22H2,1-6H3. The zero-order valence-corrected chi connectivity index (χ0v) is 26.6. The van der Waals surface area contributed by atoms with E-state index in [-0.39, 0.29) is 23.9 Å². The van der Waals surface area contributed by atoms with E-state index in [1.807, 2.05) is 20.8 Å². The molecule has 9 nitrogen and oxygen atoms in total. The van der Waals surface area contributed by atoms with Crippen molar-refractivity contribution in [2.75, 3.05) is 33.0 Å². The molecule has 0 saturated heterocycles. The van der Waals surface area contributed by atoms with Gasteiger partial charge in [0, 0.05) is 37.2 Å². The Morgan fingerprint density at radius 2 is 1.33 bits per heavy atom. The molecular weight excluding hydrogens is 552 g/mol. The molecule has 0 aromatic heterocycles. The van der Waals surface area contributed by atoms with Gasteiger partial charge in [0.15, 0.2) is 17.7 Å². The van der Waals surface area contributed by atoms with Crippen molar-refractivity contribution < 1.29 is 43.2 Å². The van der Waals surface area contributed by atoms with Crippen LogP contribution in [-0.4, -0.2) is 61.8 Å². The highest BCUT2D eigenvalue weighted by Gasteiger charge is 2.24. The maximum atomic E-state index is 12.4. The predicted octanol–water partition coefficient (Wildman–Crippen LogP) is 6.68. The van der Waals surface area contributed by atoms with E-state index in [2.05, 4.69) is 0 Å². The predicted molar refractivity (Wildman–Crippen MR) is 165 cm³/mol. The van der Waals surface area contributed by atoms with Crippen LogP contribution in [-0.2, 0) is 27.1 Å². The largest absolute Gasteiger partial charge is 0.507 e. The van der Waals surface area contributed by atoms with Crippen molar-refractivity contribution in [1.29, 1.82) is 0 Å². The first-order valence-corrected chi connectivity index (χ1v) is 15.4.